The van der Waals surface area contributed by atoms with Gasteiger partial charge in [0, 0.05) is 45.4 Å². The fourth-order valence-corrected chi connectivity index (χ4v) is 5.95. The van der Waals surface area contributed by atoms with Gasteiger partial charge in [-0.2, -0.15) is 4.98 Å². The van der Waals surface area contributed by atoms with Gasteiger partial charge >= 0.3 is 0 Å². The van der Waals surface area contributed by atoms with E-state index in [4.69, 9.17) is 4.98 Å². The van der Waals surface area contributed by atoms with Crippen LogP contribution in [0.3, 0.4) is 0 Å². The summed E-state index contributed by atoms with van der Waals surface area (Å²) < 4.78 is 18.1. The fraction of sp³-hybridized carbons (Fsp3) is 0.682. The van der Waals surface area contributed by atoms with E-state index in [1.807, 2.05) is 6.07 Å². The molecule has 0 spiro atoms. The van der Waals surface area contributed by atoms with Gasteiger partial charge in [-0.15, -0.1) is 0 Å². The second-order valence-corrected chi connectivity index (χ2v) is 12.3. The number of aromatic nitrogens is 3. The van der Waals surface area contributed by atoms with E-state index in [1.54, 1.807) is 37.1 Å². The average molecular weight is 448 g/mol. The van der Waals surface area contributed by atoms with Crippen LogP contribution in [0.25, 0.3) is 11.0 Å². The van der Waals surface area contributed by atoms with Crippen LogP contribution in [-0.2, 0) is 9.73 Å². The monoisotopic (exact) mass is 447 g/mol. The van der Waals surface area contributed by atoms with Crippen molar-refractivity contribution in [3.05, 3.63) is 28.2 Å². The summed E-state index contributed by atoms with van der Waals surface area (Å²) in [5, 5.41) is 15.1. The molecule has 9 heteroatoms. The van der Waals surface area contributed by atoms with Crippen LogP contribution in [0.4, 0.5) is 5.95 Å². The number of hydrogen-bond donors (Lipinski definition) is 2. The van der Waals surface area contributed by atoms with Crippen molar-refractivity contribution in [2.75, 3.05) is 17.8 Å². The Bertz CT molecular complexity index is 1150. The first-order valence-electron chi connectivity index (χ1n) is 11.1. The molecule has 2 aromatic heterocycles. The molecular formula is C22H33N5O3S. The molecule has 0 amide bonds. The van der Waals surface area contributed by atoms with Crippen molar-refractivity contribution in [3.8, 4) is 0 Å². The van der Waals surface area contributed by atoms with Crippen molar-refractivity contribution >= 4 is 26.7 Å². The molecule has 31 heavy (non-hydrogen) atoms. The first kappa shape index (κ1) is 22.2. The third kappa shape index (κ3) is 4.77. The number of aliphatic hydroxyl groups is 1. The summed E-state index contributed by atoms with van der Waals surface area (Å²) >= 11 is 0. The lowest BCUT2D eigenvalue weighted by atomic mass is 9.92. The Morgan fingerprint density at radius 3 is 2.58 bits per heavy atom. The van der Waals surface area contributed by atoms with E-state index in [0.29, 0.717) is 23.6 Å². The zero-order chi connectivity index (χ0) is 22.4. The topological polar surface area (TPSA) is 109 Å². The molecule has 0 aromatic carbocycles. The molecule has 8 nitrogen and oxygen atoms in total. The van der Waals surface area contributed by atoms with E-state index in [-0.39, 0.29) is 23.7 Å². The number of hydrogen-bond acceptors (Lipinski definition) is 7. The molecule has 2 heterocycles. The lowest BCUT2D eigenvalue weighted by Crippen LogP contribution is -2.38. The molecule has 4 rings (SSSR count). The van der Waals surface area contributed by atoms with Crippen LogP contribution < -0.4 is 10.9 Å². The second kappa shape index (κ2) is 8.16. The van der Waals surface area contributed by atoms with E-state index in [2.05, 4.69) is 14.7 Å². The molecule has 2 aromatic rings. The van der Waals surface area contributed by atoms with Crippen LogP contribution in [0.15, 0.2) is 21.4 Å². The standard InChI is InChI=1S/C22H33N5O3S/c1-14-12-15-13-23-21(24-16-7-9-17(10-8-16)26-31(3,4)30)25-19(15)27(20(14)28)18-6-5-11-22(18,2)29/h12-13,16-18,29H,5-11H2,1-4H3,(H,23,24,25)/t16?,17?,18-,22-/m1/s1. The number of rotatable bonds is 4. The molecular weight excluding hydrogens is 414 g/mol. The van der Waals surface area contributed by atoms with Gasteiger partial charge in [0.05, 0.1) is 17.7 Å². The van der Waals surface area contributed by atoms with Gasteiger partial charge in [-0.25, -0.2) is 9.35 Å². The van der Waals surface area contributed by atoms with Crippen LogP contribution in [0.5, 0.6) is 0 Å². The van der Waals surface area contributed by atoms with Crippen molar-refractivity contribution in [3.63, 3.8) is 0 Å². The predicted octanol–water partition coefficient (Wildman–Crippen LogP) is 3.03. The predicted molar refractivity (Wildman–Crippen MR) is 124 cm³/mol. The van der Waals surface area contributed by atoms with Crippen molar-refractivity contribution in [1.29, 1.82) is 0 Å². The normalized spacial score (nSPS) is 29.3. The lowest BCUT2D eigenvalue weighted by Gasteiger charge is -2.29. The third-order valence-corrected chi connectivity index (χ3v) is 7.38. The second-order valence-electron chi connectivity index (χ2n) is 9.68. The molecule has 2 N–H and O–H groups in total. The average Bonchev–Trinajstić information content (AvgIpc) is 3.02. The van der Waals surface area contributed by atoms with Crippen molar-refractivity contribution in [2.45, 2.75) is 82.5 Å². The molecule has 0 aliphatic heterocycles. The Balaban J connectivity index is 1.61. The lowest BCUT2D eigenvalue weighted by molar-refractivity contribution is 0.0266. The molecule has 2 fully saturated rings. The molecule has 2 saturated carbocycles. The molecule has 0 bridgehead atoms. The molecule has 0 unspecified atom stereocenters. The van der Waals surface area contributed by atoms with Crippen molar-refractivity contribution < 1.29 is 9.32 Å². The van der Waals surface area contributed by atoms with Gasteiger partial charge < -0.3 is 10.4 Å². The van der Waals surface area contributed by atoms with Gasteiger partial charge in [-0.1, -0.05) is 0 Å². The largest absolute Gasteiger partial charge is 0.388 e. The summed E-state index contributed by atoms with van der Waals surface area (Å²) in [7, 11) is -2.08. The van der Waals surface area contributed by atoms with Gasteiger partial charge in [0.15, 0.2) is 0 Å². The van der Waals surface area contributed by atoms with Gasteiger partial charge in [-0.3, -0.25) is 13.6 Å². The zero-order valence-corrected chi connectivity index (χ0v) is 19.6. The minimum absolute atomic E-state index is 0.103. The SMILES string of the molecule is Cc1cc2cnc(NC3CCC(N=S(C)(C)=O)CC3)nc2n([C@@H]2CCC[C@@]2(C)O)c1=O. The summed E-state index contributed by atoms with van der Waals surface area (Å²) in [6, 6.07) is 1.89. The summed E-state index contributed by atoms with van der Waals surface area (Å²) in [4.78, 5) is 22.3. The van der Waals surface area contributed by atoms with Crippen LogP contribution >= 0.6 is 0 Å². The number of aryl methyl sites for hydroxylation is 1. The first-order valence-corrected chi connectivity index (χ1v) is 13.4. The Kier molecular flexibility index (Phi) is 5.85. The molecule has 0 saturated heterocycles. The van der Waals surface area contributed by atoms with Gasteiger partial charge in [0.1, 0.15) is 5.65 Å². The van der Waals surface area contributed by atoms with E-state index in [1.165, 1.54) is 0 Å². The number of nitrogens with one attached hydrogen (secondary N) is 1. The highest BCUT2D eigenvalue weighted by atomic mass is 32.2. The van der Waals surface area contributed by atoms with Crippen molar-refractivity contribution in [1.82, 2.24) is 14.5 Å². The molecule has 2 aliphatic rings. The number of anilines is 1. The molecule has 2 atom stereocenters. The van der Waals surface area contributed by atoms with Gasteiger partial charge in [0.25, 0.3) is 5.56 Å². The number of nitrogens with zero attached hydrogens (tertiary/aromatic N) is 4. The Hall–Kier alpha value is -2.00. The van der Waals surface area contributed by atoms with Crippen LogP contribution in [0, 0.1) is 6.92 Å². The van der Waals surface area contributed by atoms with E-state index < -0.39 is 15.3 Å². The van der Waals surface area contributed by atoms with Gasteiger partial charge in [0.2, 0.25) is 5.95 Å². The van der Waals surface area contributed by atoms with Crippen LogP contribution in [0.2, 0.25) is 0 Å². The maximum absolute atomic E-state index is 13.0. The maximum Gasteiger partial charge on any atom is 0.255 e. The summed E-state index contributed by atoms with van der Waals surface area (Å²) in [5.74, 6) is 0.498. The highest BCUT2D eigenvalue weighted by molar-refractivity contribution is 7.92. The fourth-order valence-electron chi connectivity index (χ4n) is 5.02. The highest BCUT2D eigenvalue weighted by Crippen LogP contribution is 2.39. The van der Waals surface area contributed by atoms with Crippen molar-refractivity contribution in [2.24, 2.45) is 4.36 Å². The quantitative estimate of drug-likeness (QED) is 0.746. The highest BCUT2D eigenvalue weighted by Gasteiger charge is 2.39. The minimum Gasteiger partial charge on any atom is -0.388 e. The van der Waals surface area contributed by atoms with Gasteiger partial charge in [-0.05, 0) is 64.9 Å². The summed E-state index contributed by atoms with van der Waals surface area (Å²) in [5.41, 5.74) is 0.169. The summed E-state index contributed by atoms with van der Waals surface area (Å²) in [6.07, 6.45) is 11.0. The van der Waals surface area contributed by atoms with E-state index in [0.717, 1.165) is 43.9 Å². The Morgan fingerprint density at radius 2 is 1.97 bits per heavy atom. The molecule has 0 radical (unpaired) electrons. The Labute approximate surface area is 183 Å². The van der Waals surface area contributed by atoms with E-state index >= 15 is 0 Å². The van der Waals surface area contributed by atoms with Crippen LogP contribution in [-0.4, -0.2) is 54.0 Å². The van der Waals surface area contributed by atoms with Crippen LogP contribution in [0.1, 0.15) is 63.5 Å². The summed E-state index contributed by atoms with van der Waals surface area (Å²) in [6.45, 7) is 3.60. The zero-order valence-electron chi connectivity index (χ0n) is 18.8. The maximum atomic E-state index is 13.0. The Morgan fingerprint density at radius 1 is 1.26 bits per heavy atom. The first-order chi connectivity index (χ1) is 14.5. The number of fused-ring (bicyclic) bond motifs is 1. The third-order valence-electron chi connectivity index (χ3n) is 6.58. The molecule has 2 aliphatic carbocycles. The smallest absolute Gasteiger partial charge is 0.255 e. The van der Waals surface area contributed by atoms with E-state index in [9.17, 15) is 14.1 Å². The number of pyridine rings is 1. The molecule has 170 valence electrons. The minimum atomic E-state index is -2.08.